The number of carboxylic acids is 1. The van der Waals surface area contributed by atoms with E-state index in [4.69, 9.17) is 27.6 Å². The molecule has 2 aromatic carbocycles. The molecule has 0 saturated carbocycles. The summed E-state index contributed by atoms with van der Waals surface area (Å²) in [5.74, 6) is -1.54. The molecule has 0 unspecified atom stereocenters. The molecule has 0 radical (unpaired) electrons. The lowest BCUT2D eigenvalue weighted by Crippen LogP contribution is -2.27. The van der Waals surface area contributed by atoms with Crippen LogP contribution in [0.2, 0.25) is 10.0 Å². The molecule has 0 bridgehead atoms. The summed E-state index contributed by atoms with van der Waals surface area (Å²) in [6, 6.07) is 11.4. The second-order valence-electron chi connectivity index (χ2n) is 6.71. The van der Waals surface area contributed by atoms with Crippen molar-refractivity contribution in [3.8, 4) is 11.3 Å². The van der Waals surface area contributed by atoms with Gasteiger partial charge in [0, 0.05) is 16.7 Å². The summed E-state index contributed by atoms with van der Waals surface area (Å²) in [4.78, 5) is 37.5. The minimum absolute atomic E-state index is 0.0670. The number of carbonyl (C=O) groups excluding carboxylic acids is 2. The SMILES string of the molecule is O=C(O)c1cc(-c2ccc(C=C3SC(=O)N(Cc4ccc(F)cc4Cl)C3=O)o2)ccc1Cl. The minimum atomic E-state index is -1.17. The van der Waals surface area contributed by atoms with E-state index in [2.05, 4.69) is 0 Å². The van der Waals surface area contributed by atoms with Crippen LogP contribution in [-0.2, 0) is 11.3 Å². The van der Waals surface area contributed by atoms with E-state index in [1.165, 1.54) is 30.3 Å². The number of hydrogen-bond acceptors (Lipinski definition) is 5. The van der Waals surface area contributed by atoms with Crippen LogP contribution in [0.25, 0.3) is 17.4 Å². The first-order chi connectivity index (χ1) is 15.2. The molecular formula is C22H12Cl2FNO5S. The van der Waals surface area contributed by atoms with Crippen LogP contribution in [0.5, 0.6) is 0 Å². The molecule has 162 valence electrons. The molecule has 1 saturated heterocycles. The molecular weight excluding hydrogens is 480 g/mol. The van der Waals surface area contributed by atoms with Crippen molar-refractivity contribution < 1.29 is 28.3 Å². The lowest BCUT2D eigenvalue weighted by atomic mass is 10.1. The molecule has 6 nitrogen and oxygen atoms in total. The number of carbonyl (C=O) groups is 3. The zero-order chi connectivity index (χ0) is 23.0. The van der Waals surface area contributed by atoms with Gasteiger partial charge in [-0.2, -0.15) is 0 Å². The standard InChI is InChI=1S/C22H12Cl2FNO5S/c23-16-5-2-11(7-15(16)21(28)29)18-6-4-14(31-18)9-19-20(27)26(22(30)32-19)10-12-1-3-13(25)8-17(12)24/h1-9H,10H2,(H,28,29). The summed E-state index contributed by atoms with van der Waals surface area (Å²) >= 11 is 12.6. The number of thioether (sulfide) groups is 1. The number of furan rings is 1. The predicted molar refractivity (Wildman–Crippen MR) is 119 cm³/mol. The fourth-order valence-electron chi connectivity index (χ4n) is 3.01. The molecule has 2 amide bonds. The smallest absolute Gasteiger partial charge is 0.337 e. The maximum Gasteiger partial charge on any atom is 0.337 e. The highest BCUT2D eigenvalue weighted by molar-refractivity contribution is 8.18. The highest BCUT2D eigenvalue weighted by Crippen LogP contribution is 2.35. The molecule has 2 heterocycles. The monoisotopic (exact) mass is 491 g/mol. The molecule has 4 rings (SSSR count). The van der Waals surface area contributed by atoms with Gasteiger partial charge in [0.05, 0.1) is 22.0 Å². The van der Waals surface area contributed by atoms with Gasteiger partial charge in [0.15, 0.2) is 0 Å². The Morgan fingerprint density at radius 2 is 1.88 bits per heavy atom. The van der Waals surface area contributed by atoms with Crippen LogP contribution in [0.3, 0.4) is 0 Å². The molecule has 32 heavy (non-hydrogen) atoms. The number of carboxylic acid groups (broad SMARTS) is 1. The normalized spacial score (nSPS) is 15.1. The van der Waals surface area contributed by atoms with Crippen LogP contribution in [0.4, 0.5) is 9.18 Å². The number of amides is 2. The van der Waals surface area contributed by atoms with Gasteiger partial charge in [-0.1, -0.05) is 29.3 Å². The minimum Gasteiger partial charge on any atom is -0.478 e. The lowest BCUT2D eigenvalue weighted by Gasteiger charge is -2.13. The molecule has 3 aromatic rings. The van der Waals surface area contributed by atoms with Gasteiger partial charge in [-0.3, -0.25) is 14.5 Å². The quantitative estimate of drug-likeness (QED) is 0.419. The first-order valence-corrected chi connectivity index (χ1v) is 10.6. The average molecular weight is 492 g/mol. The van der Waals surface area contributed by atoms with Crippen LogP contribution in [0, 0.1) is 5.82 Å². The third-order valence-electron chi connectivity index (χ3n) is 4.60. The van der Waals surface area contributed by atoms with Crippen LogP contribution < -0.4 is 0 Å². The van der Waals surface area contributed by atoms with Crippen molar-refractivity contribution in [1.29, 1.82) is 0 Å². The van der Waals surface area contributed by atoms with Crippen molar-refractivity contribution >= 4 is 58.2 Å². The molecule has 1 aromatic heterocycles. The van der Waals surface area contributed by atoms with E-state index in [0.717, 1.165) is 22.7 Å². The Morgan fingerprint density at radius 1 is 1.09 bits per heavy atom. The van der Waals surface area contributed by atoms with Crippen molar-refractivity contribution in [3.05, 3.63) is 86.2 Å². The number of benzene rings is 2. The van der Waals surface area contributed by atoms with Crippen LogP contribution in [-0.4, -0.2) is 27.1 Å². The van der Waals surface area contributed by atoms with Crippen molar-refractivity contribution in [2.24, 2.45) is 0 Å². The second-order valence-corrected chi connectivity index (χ2v) is 8.51. The van der Waals surface area contributed by atoms with E-state index in [1.807, 2.05) is 0 Å². The maximum atomic E-state index is 13.2. The first-order valence-electron chi connectivity index (χ1n) is 9.05. The molecule has 1 aliphatic heterocycles. The number of hydrogen-bond donors (Lipinski definition) is 1. The van der Waals surface area contributed by atoms with E-state index in [9.17, 15) is 23.9 Å². The van der Waals surface area contributed by atoms with Gasteiger partial charge in [0.25, 0.3) is 11.1 Å². The molecule has 0 aliphatic carbocycles. The Hall–Kier alpha value is -3.07. The van der Waals surface area contributed by atoms with Crippen LogP contribution in [0.1, 0.15) is 21.7 Å². The number of halogens is 3. The third kappa shape index (κ3) is 4.43. The summed E-state index contributed by atoms with van der Waals surface area (Å²) < 4.78 is 18.9. The molecule has 0 atom stereocenters. The fraction of sp³-hybridized carbons (Fsp3) is 0.0455. The Bertz CT molecular complexity index is 1300. The Balaban J connectivity index is 1.56. The van der Waals surface area contributed by atoms with Gasteiger partial charge >= 0.3 is 5.97 Å². The van der Waals surface area contributed by atoms with E-state index in [1.54, 1.807) is 18.2 Å². The van der Waals surface area contributed by atoms with E-state index >= 15 is 0 Å². The Morgan fingerprint density at radius 3 is 2.59 bits per heavy atom. The number of nitrogens with zero attached hydrogens (tertiary/aromatic N) is 1. The molecule has 1 aliphatic rings. The third-order valence-corrected chi connectivity index (χ3v) is 6.19. The van der Waals surface area contributed by atoms with Gasteiger partial charge < -0.3 is 9.52 Å². The topological polar surface area (TPSA) is 87.8 Å². The summed E-state index contributed by atoms with van der Waals surface area (Å²) in [6.45, 7) is -0.0900. The van der Waals surface area contributed by atoms with Gasteiger partial charge in [-0.25, -0.2) is 9.18 Å². The van der Waals surface area contributed by atoms with Gasteiger partial charge in [-0.05, 0) is 59.8 Å². The number of rotatable bonds is 5. The zero-order valence-corrected chi connectivity index (χ0v) is 18.3. The highest BCUT2D eigenvalue weighted by atomic mass is 35.5. The van der Waals surface area contributed by atoms with Crippen LogP contribution in [0.15, 0.2) is 57.9 Å². The second kappa shape index (κ2) is 8.82. The predicted octanol–water partition coefficient (Wildman–Crippen LogP) is 6.33. The lowest BCUT2D eigenvalue weighted by molar-refractivity contribution is -0.123. The number of aromatic carboxylic acids is 1. The van der Waals surface area contributed by atoms with Crippen molar-refractivity contribution in [2.45, 2.75) is 6.54 Å². The summed E-state index contributed by atoms with van der Waals surface area (Å²) in [7, 11) is 0. The first kappa shape index (κ1) is 22.1. The maximum absolute atomic E-state index is 13.2. The summed E-state index contributed by atoms with van der Waals surface area (Å²) in [5, 5.41) is 8.95. The zero-order valence-electron chi connectivity index (χ0n) is 16.0. The van der Waals surface area contributed by atoms with Gasteiger partial charge in [-0.15, -0.1) is 0 Å². The highest BCUT2D eigenvalue weighted by Gasteiger charge is 2.35. The molecule has 1 fully saturated rings. The van der Waals surface area contributed by atoms with E-state index in [0.29, 0.717) is 22.6 Å². The van der Waals surface area contributed by atoms with E-state index in [-0.39, 0.29) is 27.1 Å². The largest absolute Gasteiger partial charge is 0.478 e. The fourth-order valence-corrected chi connectivity index (χ4v) is 4.26. The van der Waals surface area contributed by atoms with Crippen molar-refractivity contribution in [2.75, 3.05) is 0 Å². The summed E-state index contributed by atoms with van der Waals surface area (Å²) in [6.07, 6.45) is 1.43. The van der Waals surface area contributed by atoms with Gasteiger partial charge in [0.1, 0.15) is 17.3 Å². The Labute approximate surface area is 195 Å². The Kier molecular flexibility index (Phi) is 6.10. The van der Waals surface area contributed by atoms with E-state index < -0.39 is 22.9 Å². The van der Waals surface area contributed by atoms with Crippen molar-refractivity contribution in [3.63, 3.8) is 0 Å². The van der Waals surface area contributed by atoms with Crippen molar-refractivity contribution in [1.82, 2.24) is 4.90 Å². The average Bonchev–Trinajstić information content (AvgIpc) is 3.30. The van der Waals surface area contributed by atoms with Gasteiger partial charge in [0.2, 0.25) is 0 Å². The molecule has 10 heteroatoms. The molecule has 0 spiro atoms. The summed E-state index contributed by atoms with van der Waals surface area (Å²) in [5.41, 5.74) is 0.863. The van der Waals surface area contributed by atoms with Crippen LogP contribution >= 0.6 is 35.0 Å². The number of imide groups is 1. The molecule has 1 N–H and O–H groups in total.